The second-order valence-corrected chi connectivity index (χ2v) is 6.97. The Bertz CT molecular complexity index is 875. The van der Waals surface area contributed by atoms with Gasteiger partial charge >= 0.3 is 0 Å². The van der Waals surface area contributed by atoms with E-state index in [1.54, 1.807) is 4.90 Å². The number of ether oxygens (including phenoxy) is 1. The molecule has 3 rings (SSSR count). The zero-order valence-electron chi connectivity index (χ0n) is 16.7. The molecule has 0 radical (unpaired) electrons. The van der Waals surface area contributed by atoms with Crippen LogP contribution < -0.4 is 15.8 Å². The van der Waals surface area contributed by atoms with Gasteiger partial charge in [0, 0.05) is 25.8 Å². The van der Waals surface area contributed by atoms with Gasteiger partial charge < -0.3 is 20.7 Å². The molecular formula is C20H26N6O3. The van der Waals surface area contributed by atoms with Gasteiger partial charge in [-0.1, -0.05) is 18.2 Å². The maximum Gasteiger partial charge on any atom is 0.259 e. The summed E-state index contributed by atoms with van der Waals surface area (Å²) < 4.78 is 5.71. The molecule has 1 aliphatic rings. The fourth-order valence-electron chi connectivity index (χ4n) is 3.19. The molecule has 2 aromatic rings. The standard InChI is InChI=1S/C20H26N6O3/c1-14-5-3-4-6-17(14)29-10-7-23-19(27)16-12-26(9-8-25(16)2)20(28)15-11-22-13-24-18(15)21/h3-6,11,13,16H,7-10,12H2,1-2H3,(H,23,27)(H2,21,22,24)/t16-/m0/s1. The van der Waals surface area contributed by atoms with Gasteiger partial charge in [0.05, 0.1) is 12.1 Å². The van der Waals surface area contributed by atoms with Crippen LogP contribution in [-0.2, 0) is 4.79 Å². The maximum absolute atomic E-state index is 12.7. The summed E-state index contributed by atoms with van der Waals surface area (Å²) in [6, 6.07) is 7.28. The maximum atomic E-state index is 12.7. The lowest BCUT2D eigenvalue weighted by Crippen LogP contribution is -2.59. The second-order valence-electron chi connectivity index (χ2n) is 6.97. The summed E-state index contributed by atoms with van der Waals surface area (Å²) in [5.74, 6) is 0.529. The minimum atomic E-state index is -0.447. The first-order valence-corrected chi connectivity index (χ1v) is 9.48. The largest absolute Gasteiger partial charge is 0.491 e. The fraction of sp³-hybridized carbons (Fsp3) is 0.400. The van der Waals surface area contributed by atoms with E-state index in [1.165, 1.54) is 12.5 Å². The third kappa shape index (κ3) is 5.00. The number of amides is 2. The topological polar surface area (TPSA) is 114 Å². The van der Waals surface area contributed by atoms with Crippen molar-refractivity contribution in [2.45, 2.75) is 13.0 Å². The van der Waals surface area contributed by atoms with Crippen LogP contribution in [0.3, 0.4) is 0 Å². The number of hydrogen-bond donors (Lipinski definition) is 2. The first-order valence-electron chi connectivity index (χ1n) is 9.48. The Kier molecular flexibility index (Phi) is 6.61. The summed E-state index contributed by atoms with van der Waals surface area (Å²) in [5, 5.41) is 2.89. The van der Waals surface area contributed by atoms with E-state index < -0.39 is 6.04 Å². The third-order valence-electron chi connectivity index (χ3n) is 4.96. The van der Waals surface area contributed by atoms with Gasteiger partial charge in [-0.25, -0.2) is 9.97 Å². The van der Waals surface area contributed by atoms with E-state index in [-0.39, 0.29) is 29.7 Å². The number of aryl methyl sites for hydroxylation is 1. The van der Waals surface area contributed by atoms with Gasteiger partial charge in [-0.3, -0.25) is 14.5 Å². The van der Waals surface area contributed by atoms with Crippen LogP contribution >= 0.6 is 0 Å². The van der Waals surface area contributed by atoms with Crippen LogP contribution in [0.25, 0.3) is 0 Å². The van der Waals surface area contributed by atoms with Crippen LogP contribution in [0.1, 0.15) is 15.9 Å². The van der Waals surface area contributed by atoms with E-state index >= 15 is 0 Å². The van der Waals surface area contributed by atoms with Crippen LogP contribution in [-0.4, -0.2) is 77.5 Å². The van der Waals surface area contributed by atoms with Crippen LogP contribution in [0.5, 0.6) is 5.75 Å². The summed E-state index contributed by atoms with van der Waals surface area (Å²) >= 11 is 0. The number of nitrogens with one attached hydrogen (secondary N) is 1. The molecule has 29 heavy (non-hydrogen) atoms. The second kappa shape index (κ2) is 9.33. The predicted octanol–water partition coefficient (Wildman–Crippen LogP) is 0.319. The molecule has 0 bridgehead atoms. The Morgan fingerprint density at radius 2 is 2.10 bits per heavy atom. The molecule has 1 fully saturated rings. The Hall–Kier alpha value is -3.20. The number of nitrogens with zero attached hydrogens (tertiary/aromatic N) is 4. The molecule has 1 aliphatic heterocycles. The molecule has 9 heteroatoms. The Balaban J connectivity index is 1.53. The van der Waals surface area contributed by atoms with E-state index in [4.69, 9.17) is 10.5 Å². The Morgan fingerprint density at radius 1 is 1.31 bits per heavy atom. The van der Waals surface area contributed by atoms with Crippen molar-refractivity contribution in [3.05, 3.63) is 47.9 Å². The number of para-hydroxylation sites is 1. The molecule has 1 aromatic carbocycles. The van der Waals surface area contributed by atoms with Gasteiger partial charge in [0.1, 0.15) is 30.5 Å². The lowest BCUT2D eigenvalue weighted by molar-refractivity contribution is -0.127. The summed E-state index contributed by atoms with van der Waals surface area (Å²) in [4.78, 5) is 36.7. The number of anilines is 1. The molecule has 9 nitrogen and oxygen atoms in total. The SMILES string of the molecule is Cc1ccccc1OCCNC(=O)[C@@H]1CN(C(=O)c2cncnc2N)CCN1C. The molecule has 1 saturated heterocycles. The van der Waals surface area contributed by atoms with E-state index in [0.29, 0.717) is 26.2 Å². The van der Waals surface area contributed by atoms with Crippen molar-refractivity contribution in [2.24, 2.45) is 0 Å². The van der Waals surface area contributed by atoms with Crippen molar-refractivity contribution in [1.29, 1.82) is 0 Å². The van der Waals surface area contributed by atoms with Gasteiger partial charge in [-0.05, 0) is 25.6 Å². The summed E-state index contributed by atoms with van der Waals surface area (Å²) in [6.45, 7) is 4.08. The van der Waals surface area contributed by atoms with Gasteiger partial charge in [0.15, 0.2) is 0 Å². The molecule has 0 saturated carbocycles. The van der Waals surface area contributed by atoms with E-state index in [9.17, 15) is 9.59 Å². The number of carbonyl (C=O) groups is 2. The zero-order chi connectivity index (χ0) is 20.8. The number of piperazine rings is 1. The molecule has 2 amide bonds. The van der Waals surface area contributed by atoms with Crippen molar-refractivity contribution in [3.63, 3.8) is 0 Å². The van der Waals surface area contributed by atoms with Crippen molar-refractivity contribution < 1.29 is 14.3 Å². The minimum absolute atomic E-state index is 0.137. The van der Waals surface area contributed by atoms with E-state index in [1.807, 2.05) is 43.1 Å². The third-order valence-corrected chi connectivity index (χ3v) is 4.96. The number of benzene rings is 1. The fourth-order valence-corrected chi connectivity index (χ4v) is 3.19. The minimum Gasteiger partial charge on any atom is -0.491 e. The van der Waals surface area contributed by atoms with E-state index in [0.717, 1.165) is 11.3 Å². The van der Waals surface area contributed by atoms with Gasteiger partial charge in [-0.2, -0.15) is 0 Å². The highest BCUT2D eigenvalue weighted by Gasteiger charge is 2.33. The van der Waals surface area contributed by atoms with Gasteiger partial charge in [-0.15, -0.1) is 0 Å². The molecule has 154 valence electrons. The Morgan fingerprint density at radius 3 is 2.86 bits per heavy atom. The van der Waals surface area contributed by atoms with Gasteiger partial charge in [0.2, 0.25) is 5.91 Å². The summed E-state index contributed by atoms with van der Waals surface area (Å²) in [7, 11) is 1.87. The lowest BCUT2D eigenvalue weighted by Gasteiger charge is -2.38. The molecule has 1 atom stereocenters. The normalized spacial score (nSPS) is 17.0. The quantitative estimate of drug-likeness (QED) is 0.674. The van der Waals surface area contributed by atoms with Crippen molar-refractivity contribution in [3.8, 4) is 5.75 Å². The number of rotatable bonds is 6. The van der Waals surface area contributed by atoms with Crippen LogP contribution in [0.15, 0.2) is 36.8 Å². The highest BCUT2D eigenvalue weighted by molar-refractivity contribution is 5.98. The predicted molar refractivity (Wildman–Crippen MR) is 108 cm³/mol. The number of nitrogen functional groups attached to an aromatic ring is 1. The first-order chi connectivity index (χ1) is 14.0. The molecule has 3 N–H and O–H groups in total. The first kappa shape index (κ1) is 20.5. The molecular weight excluding hydrogens is 372 g/mol. The molecule has 2 heterocycles. The monoisotopic (exact) mass is 398 g/mol. The van der Waals surface area contributed by atoms with Crippen LogP contribution in [0.2, 0.25) is 0 Å². The number of hydrogen-bond acceptors (Lipinski definition) is 7. The molecule has 0 spiro atoms. The highest BCUT2D eigenvalue weighted by Crippen LogP contribution is 2.16. The highest BCUT2D eigenvalue weighted by atomic mass is 16.5. The summed E-state index contributed by atoms with van der Waals surface area (Å²) in [5.41, 5.74) is 7.09. The average molecular weight is 398 g/mol. The number of aromatic nitrogens is 2. The number of nitrogens with two attached hydrogens (primary N) is 1. The van der Waals surface area contributed by atoms with Crippen LogP contribution in [0.4, 0.5) is 5.82 Å². The van der Waals surface area contributed by atoms with Crippen LogP contribution in [0, 0.1) is 6.92 Å². The zero-order valence-corrected chi connectivity index (χ0v) is 16.7. The number of carbonyl (C=O) groups excluding carboxylic acids is 2. The molecule has 0 aliphatic carbocycles. The van der Waals surface area contributed by atoms with Crippen molar-refractivity contribution >= 4 is 17.6 Å². The average Bonchev–Trinajstić information content (AvgIpc) is 2.72. The smallest absolute Gasteiger partial charge is 0.259 e. The van der Waals surface area contributed by atoms with E-state index in [2.05, 4.69) is 15.3 Å². The molecule has 0 unspecified atom stereocenters. The Labute approximate surface area is 169 Å². The van der Waals surface area contributed by atoms with Crippen molar-refractivity contribution in [2.75, 3.05) is 45.6 Å². The lowest BCUT2D eigenvalue weighted by atomic mass is 10.1. The molecule has 1 aromatic heterocycles. The van der Waals surface area contributed by atoms with Gasteiger partial charge in [0.25, 0.3) is 5.91 Å². The van der Waals surface area contributed by atoms with Crippen molar-refractivity contribution in [1.82, 2.24) is 25.1 Å². The number of likely N-dealkylation sites (N-methyl/N-ethyl adjacent to an activating group) is 1. The summed E-state index contributed by atoms with van der Waals surface area (Å²) in [6.07, 6.45) is 2.70.